The van der Waals surface area contributed by atoms with Crippen molar-refractivity contribution < 1.29 is 0 Å². The maximum Gasteiger partial charge on any atom is -0.0683 e. The lowest BCUT2D eigenvalue weighted by atomic mass is 11.0. The van der Waals surface area contributed by atoms with Crippen LogP contribution in [0.4, 0.5) is 0 Å². The SMILES string of the molecule is C.C.CC.CC.[CH2-]C. The van der Waals surface area contributed by atoms with Crippen LogP contribution in [0.5, 0.6) is 0 Å². The molecule has 0 spiro atoms. The summed E-state index contributed by atoms with van der Waals surface area (Å²) < 4.78 is 0. The largest absolute Gasteiger partial charge is 0.346 e. The molecule has 0 N–H and O–H groups in total. The molecule has 0 heteroatoms. The van der Waals surface area contributed by atoms with Crippen molar-refractivity contribution >= 4 is 0 Å². The van der Waals surface area contributed by atoms with Gasteiger partial charge in [0.2, 0.25) is 0 Å². The number of hydrogen-bond donors (Lipinski definition) is 0. The van der Waals surface area contributed by atoms with Gasteiger partial charge in [-0.2, -0.15) is 6.92 Å². The van der Waals surface area contributed by atoms with Gasteiger partial charge in [-0.15, -0.1) is 0 Å². The fraction of sp³-hybridized carbons (Fsp3) is 0.875. The van der Waals surface area contributed by atoms with Crippen molar-refractivity contribution in [1.82, 2.24) is 0 Å². The van der Waals surface area contributed by atoms with Gasteiger partial charge < -0.3 is 6.92 Å². The van der Waals surface area contributed by atoms with E-state index in [0.29, 0.717) is 0 Å². The quantitative estimate of drug-likeness (QED) is 0.422. The maximum atomic E-state index is 3.25. The predicted molar refractivity (Wildman–Crippen MR) is 47.2 cm³/mol. The van der Waals surface area contributed by atoms with E-state index >= 15 is 0 Å². The third kappa shape index (κ3) is 0. The molecule has 0 rings (SSSR count). The highest BCUT2D eigenvalue weighted by Gasteiger charge is 0.934. The summed E-state index contributed by atoms with van der Waals surface area (Å²) in [6, 6.07) is 0. The van der Waals surface area contributed by atoms with Gasteiger partial charge in [-0.25, -0.2) is 0 Å². The van der Waals surface area contributed by atoms with E-state index < -0.39 is 0 Å². The van der Waals surface area contributed by atoms with E-state index in [1.165, 1.54) is 0 Å². The van der Waals surface area contributed by atoms with Crippen molar-refractivity contribution in [2.75, 3.05) is 0 Å². The van der Waals surface area contributed by atoms with Crippen molar-refractivity contribution in [2.24, 2.45) is 0 Å². The number of hydrogen-bond acceptors (Lipinski definition) is 0. The van der Waals surface area contributed by atoms with Crippen LogP contribution in [-0.2, 0) is 0 Å². The molecule has 0 aromatic rings. The zero-order chi connectivity index (χ0) is 6.00. The average molecular weight is 121 g/mol. The summed E-state index contributed by atoms with van der Waals surface area (Å²) in [5, 5.41) is 0. The minimum atomic E-state index is 0. The molecule has 0 atom stereocenters. The van der Waals surface area contributed by atoms with Crippen LogP contribution in [-0.4, -0.2) is 0 Å². The van der Waals surface area contributed by atoms with Gasteiger partial charge in [0.1, 0.15) is 0 Å². The fourth-order valence-corrected chi connectivity index (χ4v) is 0. The minimum absolute atomic E-state index is 0. The molecule has 0 bridgehead atoms. The van der Waals surface area contributed by atoms with Crippen LogP contribution in [0.2, 0.25) is 0 Å². The Kier molecular flexibility index (Phi) is 0. The molecule has 0 radical (unpaired) electrons. The first-order chi connectivity index (χ1) is 3.00. The Morgan fingerprint density at radius 1 is 0.625 bits per heavy atom. The summed E-state index contributed by atoms with van der Waals surface area (Å²) in [6.07, 6.45) is 0. The molecule has 0 aliphatic carbocycles. The van der Waals surface area contributed by atoms with Crippen molar-refractivity contribution in [3.05, 3.63) is 6.92 Å². The van der Waals surface area contributed by atoms with Gasteiger partial charge in [0, 0.05) is 0 Å². The molecular weight excluding hydrogens is 96.1 g/mol. The van der Waals surface area contributed by atoms with Crippen molar-refractivity contribution in [3.8, 4) is 0 Å². The van der Waals surface area contributed by atoms with Crippen LogP contribution in [0.15, 0.2) is 0 Å². The minimum Gasteiger partial charge on any atom is -0.346 e. The lowest BCUT2D eigenvalue weighted by Gasteiger charge is -1.27. The van der Waals surface area contributed by atoms with Crippen LogP contribution < -0.4 is 0 Å². The Labute approximate surface area is 57.3 Å². The van der Waals surface area contributed by atoms with Crippen LogP contribution in [0, 0.1) is 6.92 Å². The van der Waals surface area contributed by atoms with Crippen molar-refractivity contribution in [2.45, 2.75) is 49.5 Å². The third-order valence-corrected chi connectivity index (χ3v) is 0. The van der Waals surface area contributed by atoms with Gasteiger partial charge in [-0.3, -0.25) is 0 Å². The normalized spacial score (nSPS) is 2.25. The van der Waals surface area contributed by atoms with E-state index in [1.807, 2.05) is 27.7 Å². The molecule has 0 unspecified atom stereocenters. The van der Waals surface area contributed by atoms with Crippen LogP contribution in [0.1, 0.15) is 49.5 Å². The smallest absolute Gasteiger partial charge is 0.0683 e. The Balaban J connectivity index is -0.00000000500. The first kappa shape index (κ1) is 43.6. The van der Waals surface area contributed by atoms with E-state index in [9.17, 15) is 0 Å². The van der Waals surface area contributed by atoms with Gasteiger partial charge in [0.25, 0.3) is 0 Å². The van der Waals surface area contributed by atoms with Gasteiger partial charge in [-0.1, -0.05) is 42.5 Å². The molecule has 0 aliphatic heterocycles. The molecule has 0 amide bonds. The third-order valence-electron chi connectivity index (χ3n) is 0. The highest BCUT2D eigenvalue weighted by atomic mass is 13.0. The second-order valence-corrected chi connectivity index (χ2v) is 0. The Hall–Kier alpha value is 0. The van der Waals surface area contributed by atoms with Gasteiger partial charge in [-0.05, 0) is 0 Å². The Morgan fingerprint density at radius 2 is 0.625 bits per heavy atom. The van der Waals surface area contributed by atoms with Crippen LogP contribution >= 0.6 is 0 Å². The molecule has 0 heterocycles. The number of rotatable bonds is 0. The van der Waals surface area contributed by atoms with Crippen molar-refractivity contribution in [3.63, 3.8) is 0 Å². The predicted octanol–water partition coefficient (Wildman–Crippen LogP) is 4.16. The lowest BCUT2D eigenvalue weighted by molar-refractivity contribution is 1.50. The zero-order valence-electron chi connectivity index (χ0n) is 5.71. The average Bonchev–Trinajstić information content (AvgIpc) is 1.81. The second kappa shape index (κ2) is 0. The summed E-state index contributed by atoms with van der Waals surface area (Å²) >= 11 is 0. The second-order valence-electron chi connectivity index (χ2n) is 0. The summed E-state index contributed by atoms with van der Waals surface area (Å²) in [4.78, 5) is 0. The molecule has 0 nitrogen and oxygen atoms in total. The van der Waals surface area contributed by atoms with Gasteiger partial charge in [0.15, 0.2) is 0 Å². The van der Waals surface area contributed by atoms with E-state index in [4.69, 9.17) is 0 Å². The first-order valence-corrected chi connectivity index (χ1v) is 2.71. The molecule has 58 valence electrons. The molecule has 0 fully saturated rings. The summed E-state index contributed by atoms with van der Waals surface area (Å²) in [6.45, 7) is 13.0. The molecule has 0 aromatic carbocycles. The van der Waals surface area contributed by atoms with Crippen LogP contribution in [0.3, 0.4) is 0 Å². The monoisotopic (exact) mass is 121 g/mol. The van der Waals surface area contributed by atoms with Crippen LogP contribution in [0.25, 0.3) is 0 Å². The summed E-state index contributed by atoms with van der Waals surface area (Å²) in [5.41, 5.74) is 0. The molecule has 0 saturated carbocycles. The lowest BCUT2D eigenvalue weighted by Crippen LogP contribution is -0.888. The van der Waals surface area contributed by atoms with E-state index in [1.54, 1.807) is 6.92 Å². The zero-order valence-corrected chi connectivity index (χ0v) is 5.71. The van der Waals surface area contributed by atoms with E-state index in [2.05, 4.69) is 6.92 Å². The molecule has 0 saturated heterocycles. The Bertz CT molecular complexity index is 0. The maximum absolute atomic E-state index is 3.25. The standard InChI is InChI=1S/2C2H6.C2H5.2CH4/c3*1-2;;/h2*1-2H3;1H2,2H3;2*1H4/q;;-1;;. The summed E-state index contributed by atoms with van der Waals surface area (Å²) in [7, 11) is 0. The van der Waals surface area contributed by atoms with E-state index in [-0.39, 0.29) is 14.9 Å². The fourth-order valence-electron chi connectivity index (χ4n) is 0. The van der Waals surface area contributed by atoms with E-state index in [0.717, 1.165) is 0 Å². The molecular formula is C8H25-. The molecule has 0 aliphatic rings. The topological polar surface area (TPSA) is 0 Å². The summed E-state index contributed by atoms with van der Waals surface area (Å²) in [5.74, 6) is 0. The highest BCUT2D eigenvalue weighted by Crippen LogP contribution is 1.15. The van der Waals surface area contributed by atoms with Gasteiger partial charge >= 0.3 is 0 Å². The highest BCUT2D eigenvalue weighted by molar-refractivity contribution is 3.94. The first-order valence-electron chi connectivity index (χ1n) is 2.71. The van der Waals surface area contributed by atoms with Gasteiger partial charge in [0.05, 0.1) is 0 Å². The van der Waals surface area contributed by atoms with Crippen molar-refractivity contribution in [1.29, 1.82) is 0 Å². The molecule has 8 heavy (non-hydrogen) atoms. The Morgan fingerprint density at radius 3 is 0.625 bits per heavy atom. The molecule has 0 aromatic heterocycles.